The molecule has 0 amide bonds. The molecule has 4 nitrogen and oxygen atoms in total. The van der Waals surface area contributed by atoms with E-state index in [0.29, 0.717) is 0 Å². The first kappa shape index (κ1) is 41.5. The van der Waals surface area contributed by atoms with E-state index in [1.54, 1.807) is 11.8 Å². The Kier molecular flexibility index (Phi) is 11.0. The van der Waals surface area contributed by atoms with Crippen LogP contribution in [-0.4, -0.2) is 4.98 Å². The first-order valence-electron chi connectivity index (χ1n) is 21.0. The fraction of sp³-hybridized carbons (Fsp3) is 0.143. The van der Waals surface area contributed by atoms with Gasteiger partial charge in [0, 0.05) is 49.9 Å². The molecule has 0 radical (unpaired) electrons. The predicted octanol–water partition coefficient (Wildman–Crippen LogP) is 15.6. The van der Waals surface area contributed by atoms with E-state index in [9.17, 15) is 0 Å². The Morgan fingerprint density at radius 3 is 1.84 bits per heavy atom. The molecular weight excluding hydrogens is 956 g/mol. The summed E-state index contributed by atoms with van der Waals surface area (Å²) in [4.78, 5) is 13.8. The van der Waals surface area contributed by atoms with E-state index >= 15 is 0 Å². The maximum absolute atomic E-state index is 4.96. The molecule has 8 aromatic rings. The van der Waals surface area contributed by atoms with Crippen LogP contribution in [0.4, 0.5) is 39.9 Å². The third-order valence-electron chi connectivity index (χ3n) is 11.7. The van der Waals surface area contributed by atoms with Gasteiger partial charge in [0.25, 0.3) is 0 Å². The molecule has 7 aromatic carbocycles. The van der Waals surface area contributed by atoms with Crippen molar-refractivity contribution in [2.75, 3.05) is 14.7 Å². The number of hydrogen-bond donors (Lipinski definition) is 0. The first-order valence-corrected chi connectivity index (χ1v) is 21.8. The monoisotopic (exact) mass is 1000 g/mol. The summed E-state index contributed by atoms with van der Waals surface area (Å²) in [5.74, 6) is 0.839. The first-order chi connectivity index (χ1) is 29.5. The Morgan fingerprint density at radius 2 is 1.13 bits per heavy atom. The SMILES string of the molecule is CC(C)(C)c1ccc(-c2ccc3c(c2)N(c2ccccn2)c2[c-]c(Sc4[c-]c(N5[CH-]N(c6ccccc6C(C)(C)C)c6ccccc65)ccc4)ccc2-c2ccccc2-3)cc1.[Pt]. The van der Waals surface area contributed by atoms with Crippen LogP contribution in [0.15, 0.2) is 180 Å². The van der Waals surface area contributed by atoms with Gasteiger partial charge < -0.3 is 14.7 Å². The molecule has 6 heteroatoms. The summed E-state index contributed by atoms with van der Waals surface area (Å²) in [6, 6.07) is 66.6. The average molecular weight is 1000 g/mol. The Balaban J connectivity index is 0.00000490. The second-order valence-electron chi connectivity index (χ2n) is 17.8. The molecule has 2 aliphatic rings. The zero-order valence-electron chi connectivity index (χ0n) is 35.8. The molecule has 0 N–H and O–H groups in total. The second-order valence-corrected chi connectivity index (χ2v) is 18.9. The van der Waals surface area contributed by atoms with Crippen LogP contribution in [-0.2, 0) is 31.9 Å². The van der Waals surface area contributed by atoms with E-state index < -0.39 is 0 Å². The van der Waals surface area contributed by atoms with Crippen LogP contribution in [0.1, 0.15) is 52.7 Å². The van der Waals surface area contributed by atoms with Crippen LogP contribution in [0.5, 0.6) is 0 Å². The quantitative estimate of drug-likeness (QED) is 0.154. The summed E-state index contributed by atoms with van der Waals surface area (Å²) < 4.78 is 0. The topological polar surface area (TPSA) is 22.6 Å². The van der Waals surface area contributed by atoms with Gasteiger partial charge in [-0.05, 0) is 75.0 Å². The smallest absolute Gasteiger partial charge is 0.135 e. The van der Waals surface area contributed by atoms with Crippen LogP contribution >= 0.6 is 11.8 Å². The summed E-state index contributed by atoms with van der Waals surface area (Å²) in [7, 11) is 0. The molecule has 0 bridgehead atoms. The molecule has 2 aliphatic heterocycles. The van der Waals surface area contributed by atoms with Gasteiger partial charge in [-0.15, -0.1) is 57.7 Å². The summed E-state index contributed by atoms with van der Waals surface area (Å²) in [6.45, 7) is 15.8. The average Bonchev–Trinajstić information content (AvgIpc) is 3.61. The van der Waals surface area contributed by atoms with Gasteiger partial charge in [-0.25, -0.2) is 4.98 Å². The molecule has 10 rings (SSSR count). The minimum absolute atomic E-state index is 0. The number of aromatic nitrogens is 1. The van der Waals surface area contributed by atoms with Crippen LogP contribution in [0.2, 0.25) is 0 Å². The molecule has 1 aromatic heterocycles. The van der Waals surface area contributed by atoms with E-state index in [1.807, 2.05) is 12.3 Å². The molecule has 0 unspecified atom stereocenters. The maximum Gasteiger partial charge on any atom is 0.135 e. The molecule has 0 aliphatic carbocycles. The fourth-order valence-corrected chi connectivity index (χ4v) is 9.39. The summed E-state index contributed by atoms with van der Waals surface area (Å²) in [5.41, 5.74) is 16.1. The number of fused-ring (bicyclic) bond motifs is 6. The largest absolute Gasteiger partial charge is 0.493 e. The number of para-hydroxylation sites is 3. The Hall–Kier alpha value is -5.87. The van der Waals surface area contributed by atoms with Crippen molar-refractivity contribution >= 4 is 51.7 Å². The summed E-state index contributed by atoms with van der Waals surface area (Å²) in [5, 5.41) is 0. The van der Waals surface area contributed by atoms with Crippen LogP contribution in [0.3, 0.4) is 0 Å². The molecule has 310 valence electrons. The zero-order chi connectivity index (χ0) is 41.9. The Morgan fingerprint density at radius 1 is 0.500 bits per heavy atom. The van der Waals surface area contributed by atoms with Gasteiger partial charge in [0.2, 0.25) is 0 Å². The Bertz CT molecular complexity index is 2910. The van der Waals surface area contributed by atoms with Gasteiger partial charge in [0.15, 0.2) is 0 Å². The number of benzene rings is 7. The van der Waals surface area contributed by atoms with E-state index in [-0.39, 0.29) is 31.9 Å². The molecule has 62 heavy (non-hydrogen) atoms. The van der Waals surface area contributed by atoms with Gasteiger partial charge in [-0.3, -0.25) is 0 Å². The van der Waals surface area contributed by atoms with Crippen LogP contribution < -0.4 is 14.7 Å². The molecular formula is C56H47N4PtS-3. The number of anilines is 7. The van der Waals surface area contributed by atoms with E-state index in [4.69, 9.17) is 4.98 Å². The number of rotatable bonds is 6. The van der Waals surface area contributed by atoms with Gasteiger partial charge in [0.1, 0.15) is 5.82 Å². The van der Waals surface area contributed by atoms with Crippen molar-refractivity contribution < 1.29 is 21.1 Å². The molecule has 0 atom stereocenters. The van der Waals surface area contributed by atoms with Gasteiger partial charge in [-0.1, -0.05) is 150 Å². The van der Waals surface area contributed by atoms with Crippen molar-refractivity contribution in [1.29, 1.82) is 0 Å². The minimum atomic E-state index is -0.0170. The maximum atomic E-state index is 4.96. The molecule has 3 heterocycles. The molecule has 0 saturated heterocycles. The normalized spacial score (nSPS) is 13.1. The predicted molar refractivity (Wildman–Crippen MR) is 256 cm³/mol. The van der Waals surface area contributed by atoms with Crippen molar-refractivity contribution in [2.45, 2.75) is 62.2 Å². The number of nitrogens with zero attached hydrogens (tertiary/aromatic N) is 4. The number of hydrogen-bond acceptors (Lipinski definition) is 5. The van der Waals surface area contributed by atoms with Crippen molar-refractivity contribution in [3.63, 3.8) is 0 Å². The number of pyridine rings is 1. The van der Waals surface area contributed by atoms with Crippen LogP contribution in [0.25, 0.3) is 33.4 Å². The van der Waals surface area contributed by atoms with Gasteiger partial charge in [-0.2, -0.15) is 24.3 Å². The summed E-state index contributed by atoms with van der Waals surface area (Å²) >= 11 is 1.68. The third-order valence-corrected chi connectivity index (χ3v) is 12.6. The Labute approximate surface area is 385 Å². The van der Waals surface area contributed by atoms with E-state index in [1.165, 1.54) is 33.5 Å². The van der Waals surface area contributed by atoms with E-state index in [2.05, 4.69) is 233 Å². The van der Waals surface area contributed by atoms with Crippen molar-refractivity contribution in [2.24, 2.45) is 0 Å². The molecule has 0 fully saturated rings. The summed E-state index contributed by atoms with van der Waals surface area (Å²) in [6.07, 6.45) is 1.87. The minimum Gasteiger partial charge on any atom is -0.493 e. The zero-order valence-corrected chi connectivity index (χ0v) is 38.8. The van der Waals surface area contributed by atoms with Gasteiger partial charge >= 0.3 is 0 Å². The second kappa shape index (κ2) is 16.4. The van der Waals surface area contributed by atoms with E-state index in [0.717, 1.165) is 60.7 Å². The van der Waals surface area contributed by atoms with Gasteiger partial charge in [0.05, 0.1) is 5.69 Å². The third kappa shape index (κ3) is 7.67. The molecule has 0 spiro atoms. The van der Waals surface area contributed by atoms with Crippen molar-refractivity contribution in [1.82, 2.24) is 4.98 Å². The standard InChI is InChI=1S/C56H47N4S.Pt/c1-55(2,3)40-28-25-38(26-29-40)39-27-31-46-44-18-7-8-19-45(44)47-32-30-43(36-53(47)60(52(46)34-39)54-24-13-14-33-57-54)61-42-17-15-16-41(35-42)58-37-59(51-23-12-11-22-50(51)58)49-21-10-9-20-48(49)56(4,5)6;/h7-34,37H,1-6H3;/q-3;. The van der Waals surface area contributed by atoms with Crippen molar-refractivity contribution in [3.8, 4) is 33.4 Å². The van der Waals surface area contributed by atoms with Crippen LogP contribution in [0, 0.1) is 18.8 Å². The fourth-order valence-electron chi connectivity index (χ4n) is 8.57. The van der Waals surface area contributed by atoms with Crippen molar-refractivity contribution in [3.05, 3.63) is 200 Å². The molecule has 0 saturated carbocycles.